The van der Waals surface area contributed by atoms with E-state index in [1.54, 1.807) is 6.07 Å². The highest BCUT2D eigenvalue weighted by molar-refractivity contribution is 7.99. The van der Waals surface area contributed by atoms with E-state index in [1.165, 1.54) is 41.9 Å². The molecule has 0 aliphatic heterocycles. The zero-order chi connectivity index (χ0) is 18.4. The van der Waals surface area contributed by atoms with Gasteiger partial charge in [0, 0.05) is 24.1 Å². The molecule has 0 aliphatic carbocycles. The largest absolute Gasteiger partial charge is 0.336 e. The molecule has 0 atom stereocenters. The topological polar surface area (TPSA) is 75.2 Å². The monoisotopic (exact) mass is 362 g/mol. The fourth-order valence-electron chi connectivity index (χ4n) is 2.06. The number of carbonyl (C=O) groups excluding carboxylic acids is 2. The number of amides is 2. The molecule has 8 heteroatoms. The highest BCUT2D eigenvalue weighted by Crippen LogP contribution is 2.14. The third-order valence-corrected chi connectivity index (χ3v) is 4.03. The molecule has 2 amide bonds. The average molecular weight is 362 g/mol. The molecule has 0 radical (unpaired) electrons. The molecular weight excluding hydrogens is 343 g/mol. The number of aryl methyl sites for hydroxylation is 2. The smallest absolute Gasteiger partial charge is 0.243 e. The van der Waals surface area contributed by atoms with Gasteiger partial charge in [0.15, 0.2) is 5.16 Å². The van der Waals surface area contributed by atoms with Crippen molar-refractivity contribution in [1.82, 2.24) is 14.9 Å². The van der Waals surface area contributed by atoms with Crippen LogP contribution in [0.4, 0.5) is 10.1 Å². The van der Waals surface area contributed by atoms with Crippen LogP contribution in [0.15, 0.2) is 35.5 Å². The molecule has 0 bridgehead atoms. The third-order valence-electron chi connectivity index (χ3n) is 3.20. The number of thioether (sulfide) groups is 1. The highest BCUT2D eigenvalue weighted by atomic mass is 32.2. The number of nitrogens with one attached hydrogen (secondary N) is 1. The number of nitrogens with zero attached hydrogens (tertiary/aromatic N) is 3. The van der Waals surface area contributed by atoms with Crippen molar-refractivity contribution in [2.75, 3.05) is 24.7 Å². The standard InChI is InChI=1S/C17H19FN4O2S/c1-11-7-12(2)20-17(19-11)25-10-16(24)22(3)9-15(23)21-14-6-4-5-13(18)8-14/h4-8H,9-10H2,1-3H3,(H,21,23). The van der Waals surface area contributed by atoms with E-state index in [-0.39, 0.29) is 18.2 Å². The Labute approximate surface area is 149 Å². The molecule has 1 aromatic carbocycles. The van der Waals surface area contributed by atoms with Gasteiger partial charge in [-0.25, -0.2) is 14.4 Å². The van der Waals surface area contributed by atoms with E-state index in [0.717, 1.165) is 11.4 Å². The van der Waals surface area contributed by atoms with Gasteiger partial charge in [0.1, 0.15) is 5.82 Å². The Morgan fingerprint density at radius 1 is 1.20 bits per heavy atom. The number of benzene rings is 1. The summed E-state index contributed by atoms with van der Waals surface area (Å²) in [5.74, 6) is -0.921. The van der Waals surface area contributed by atoms with Gasteiger partial charge in [0.25, 0.3) is 0 Å². The molecule has 25 heavy (non-hydrogen) atoms. The summed E-state index contributed by atoms with van der Waals surface area (Å²) in [5.41, 5.74) is 2.03. The normalized spacial score (nSPS) is 10.4. The molecule has 0 aliphatic rings. The van der Waals surface area contributed by atoms with Crippen LogP contribution in [0.3, 0.4) is 0 Å². The minimum Gasteiger partial charge on any atom is -0.336 e. The van der Waals surface area contributed by atoms with Gasteiger partial charge in [-0.1, -0.05) is 17.8 Å². The molecule has 0 saturated carbocycles. The fraction of sp³-hybridized carbons (Fsp3) is 0.294. The van der Waals surface area contributed by atoms with Crippen molar-refractivity contribution in [3.8, 4) is 0 Å². The minimum atomic E-state index is -0.438. The van der Waals surface area contributed by atoms with Crippen LogP contribution < -0.4 is 5.32 Å². The second kappa shape index (κ2) is 8.57. The molecule has 2 rings (SSSR count). The summed E-state index contributed by atoms with van der Waals surface area (Å²) in [5, 5.41) is 3.08. The Morgan fingerprint density at radius 3 is 2.52 bits per heavy atom. The SMILES string of the molecule is Cc1cc(C)nc(SCC(=O)N(C)CC(=O)Nc2cccc(F)c2)n1. The Bertz CT molecular complexity index is 765. The zero-order valence-corrected chi connectivity index (χ0v) is 15.1. The van der Waals surface area contributed by atoms with E-state index < -0.39 is 11.7 Å². The van der Waals surface area contributed by atoms with Crippen molar-refractivity contribution in [3.05, 3.63) is 47.5 Å². The second-order valence-corrected chi connectivity index (χ2v) is 6.47. The van der Waals surface area contributed by atoms with Crippen molar-refractivity contribution in [3.63, 3.8) is 0 Å². The Morgan fingerprint density at radius 2 is 1.88 bits per heavy atom. The van der Waals surface area contributed by atoms with Gasteiger partial charge in [-0.2, -0.15) is 0 Å². The number of halogens is 1. The third kappa shape index (κ3) is 6.15. The van der Waals surface area contributed by atoms with Crippen LogP contribution in [-0.4, -0.2) is 46.0 Å². The van der Waals surface area contributed by atoms with Crippen molar-refractivity contribution in [2.24, 2.45) is 0 Å². The second-order valence-electron chi connectivity index (χ2n) is 5.53. The van der Waals surface area contributed by atoms with Crippen LogP contribution in [0.1, 0.15) is 11.4 Å². The molecule has 132 valence electrons. The van der Waals surface area contributed by atoms with Crippen molar-refractivity contribution >= 4 is 29.3 Å². The maximum atomic E-state index is 13.1. The van der Waals surface area contributed by atoms with E-state index in [1.807, 2.05) is 19.9 Å². The first-order valence-corrected chi connectivity index (χ1v) is 8.56. The summed E-state index contributed by atoms with van der Waals surface area (Å²) in [6, 6.07) is 7.44. The van der Waals surface area contributed by atoms with E-state index in [9.17, 15) is 14.0 Å². The molecule has 2 aromatic rings. The van der Waals surface area contributed by atoms with Crippen LogP contribution in [0, 0.1) is 19.7 Å². The number of rotatable bonds is 6. The molecule has 0 spiro atoms. The number of hydrogen-bond donors (Lipinski definition) is 1. The predicted octanol–water partition coefficient (Wildman–Crippen LogP) is 2.42. The molecular formula is C17H19FN4O2S. The van der Waals surface area contributed by atoms with Crippen LogP contribution in [0.5, 0.6) is 0 Å². The lowest BCUT2D eigenvalue weighted by molar-refractivity contribution is -0.131. The summed E-state index contributed by atoms with van der Waals surface area (Å²) in [7, 11) is 1.54. The van der Waals surface area contributed by atoms with E-state index in [4.69, 9.17) is 0 Å². The van der Waals surface area contributed by atoms with Gasteiger partial charge >= 0.3 is 0 Å². The van der Waals surface area contributed by atoms with Crippen LogP contribution in [0.2, 0.25) is 0 Å². The van der Waals surface area contributed by atoms with E-state index in [0.29, 0.717) is 10.8 Å². The summed E-state index contributed by atoms with van der Waals surface area (Å²) in [6.07, 6.45) is 0. The lowest BCUT2D eigenvalue weighted by atomic mass is 10.3. The Hall–Kier alpha value is -2.48. The van der Waals surface area contributed by atoms with Gasteiger partial charge in [-0.05, 0) is 38.1 Å². The van der Waals surface area contributed by atoms with Gasteiger partial charge in [-0.3, -0.25) is 9.59 Å². The predicted molar refractivity (Wildman–Crippen MR) is 94.9 cm³/mol. The number of hydrogen-bond acceptors (Lipinski definition) is 5. The quantitative estimate of drug-likeness (QED) is 0.631. The lowest BCUT2D eigenvalue weighted by Crippen LogP contribution is -2.36. The summed E-state index contributed by atoms with van der Waals surface area (Å²) < 4.78 is 13.1. The van der Waals surface area contributed by atoms with Crippen molar-refractivity contribution in [1.29, 1.82) is 0 Å². The van der Waals surface area contributed by atoms with Crippen LogP contribution in [0.25, 0.3) is 0 Å². The highest BCUT2D eigenvalue weighted by Gasteiger charge is 2.14. The van der Waals surface area contributed by atoms with Gasteiger partial charge < -0.3 is 10.2 Å². The molecule has 1 heterocycles. The maximum absolute atomic E-state index is 13.1. The zero-order valence-electron chi connectivity index (χ0n) is 14.2. The Kier molecular flexibility index (Phi) is 6.46. The van der Waals surface area contributed by atoms with Gasteiger partial charge in [0.05, 0.1) is 12.3 Å². The van der Waals surface area contributed by atoms with E-state index in [2.05, 4.69) is 15.3 Å². The van der Waals surface area contributed by atoms with Crippen LogP contribution in [-0.2, 0) is 9.59 Å². The summed E-state index contributed by atoms with van der Waals surface area (Å²) in [6.45, 7) is 3.61. The maximum Gasteiger partial charge on any atom is 0.243 e. The van der Waals surface area contributed by atoms with Crippen LogP contribution >= 0.6 is 11.8 Å². The minimum absolute atomic E-state index is 0.121. The summed E-state index contributed by atoms with van der Waals surface area (Å²) in [4.78, 5) is 33.9. The molecule has 0 unspecified atom stereocenters. The molecule has 6 nitrogen and oxygen atoms in total. The number of carbonyl (C=O) groups is 2. The fourth-order valence-corrected chi connectivity index (χ4v) is 2.95. The molecule has 0 saturated heterocycles. The molecule has 1 aromatic heterocycles. The van der Waals surface area contributed by atoms with Gasteiger partial charge in [-0.15, -0.1) is 0 Å². The first-order chi connectivity index (χ1) is 11.8. The Balaban J connectivity index is 1.84. The molecule has 0 fully saturated rings. The lowest BCUT2D eigenvalue weighted by Gasteiger charge is -2.16. The first kappa shape index (κ1) is 18.9. The molecule has 1 N–H and O–H groups in total. The van der Waals surface area contributed by atoms with E-state index >= 15 is 0 Å². The van der Waals surface area contributed by atoms with Crippen molar-refractivity contribution in [2.45, 2.75) is 19.0 Å². The number of anilines is 1. The average Bonchev–Trinajstić information content (AvgIpc) is 2.51. The van der Waals surface area contributed by atoms with Crippen molar-refractivity contribution < 1.29 is 14.0 Å². The first-order valence-electron chi connectivity index (χ1n) is 7.58. The summed E-state index contributed by atoms with van der Waals surface area (Å²) >= 11 is 1.22. The number of likely N-dealkylation sites (N-methyl/N-ethyl adjacent to an activating group) is 1. The van der Waals surface area contributed by atoms with Gasteiger partial charge in [0.2, 0.25) is 11.8 Å². The number of aromatic nitrogens is 2.